The van der Waals surface area contributed by atoms with Crippen LogP contribution in [0.5, 0.6) is 0 Å². The molecule has 3 aromatic carbocycles. The Labute approximate surface area is 124 Å². The Kier molecular flexibility index (Phi) is 2.44. The van der Waals surface area contributed by atoms with Crippen LogP contribution < -0.4 is 0 Å². The van der Waals surface area contributed by atoms with E-state index in [2.05, 4.69) is 75.4 Å². The maximum absolute atomic E-state index is 6.13. The van der Waals surface area contributed by atoms with Crippen molar-refractivity contribution < 1.29 is 4.42 Å². The molecule has 0 radical (unpaired) electrons. The van der Waals surface area contributed by atoms with Gasteiger partial charge in [0.2, 0.25) is 0 Å². The van der Waals surface area contributed by atoms with Crippen molar-refractivity contribution in [2.24, 2.45) is 0 Å². The molecule has 0 N–H and O–H groups in total. The zero-order valence-electron chi connectivity index (χ0n) is 12.6. The molecule has 0 amide bonds. The number of hydrogen-bond acceptors (Lipinski definition) is 1. The third kappa shape index (κ3) is 1.84. The van der Waals surface area contributed by atoms with E-state index >= 15 is 0 Å². The predicted octanol–water partition coefficient (Wildman–Crippen LogP) is 6.04. The van der Waals surface area contributed by atoms with Crippen molar-refractivity contribution in [2.75, 3.05) is 0 Å². The number of hydrogen-bond donors (Lipinski definition) is 0. The maximum Gasteiger partial charge on any atom is 0.143 e. The smallest absolute Gasteiger partial charge is 0.143 e. The van der Waals surface area contributed by atoms with E-state index in [0.717, 1.165) is 11.2 Å². The molecule has 0 fully saturated rings. The van der Waals surface area contributed by atoms with E-state index in [0.29, 0.717) is 0 Å². The van der Waals surface area contributed by atoms with Gasteiger partial charge in [-0.3, -0.25) is 0 Å². The van der Waals surface area contributed by atoms with Crippen molar-refractivity contribution in [3.05, 3.63) is 60.2 Å². The monoisotopic (exact) mass is 274 g/mol. The van der Waals surface area contributed by atoms with E-state index in [1.807, 2.05) is 0 Å². The van der Waals surface area contributed by atoms with Gasteiger partial charge >= 0.3 is 0 Å². The molecular weight excluding hydrogens is 256 g/mol. The highest BCUT2D eigenvalue weighted by Gasteiger charge is 2.16. The van der Waals surface area contributed by atoms with E-state index in [4.69, 9.17) is 4.42 Å². The van der Waals surface area contributed by atoms with Crippen LogP contribution in [0.2, 0.25) is 0 Å². The summed E-state index contributed by atoms with van der Waals surface area (Å²) in [4.78, 5) is 0. The topological polar surface area (TPSA) is 13.1 Å². The average Bonchev–Trinajstić information content (AvgIpc) is 2.84. The van der Waals surface area contributed by atoms with Gasteiger partial charge in [0.15, 0.2) is 0 Å². The largest absolute Gasteiger partial charge is 0.455 e. The molecule has 1 aromatic heterocycles. The van der Waals surface area contributed by atoms with Crippen molar-refractivity contribution in [1.29, 1.82) is 0 Å². The number of rotatable bonds is 0. The SMILES string of the molecule is CC(C)(C)c1ccc2oc3c4ccccc4ccc3c2c1. The van der Waals surface area contributed by atoms with Crippen LogP contribution in [0.1, 0.15) is 26.3 Å². The zero-order chi connectivity index (χ0) is 14.6. The first-order chi connectivity index (χ1) is 10.0. The molecule has 0 unspecified atom stereocenters. The summed E-state index contributed by atoms with van der Waals surface area (Å²) in [6.45, 7) is 6.73. The van der Waals surface area contributed by atoms with Crippen LogP contribution in [-0.4, -0.2) is 0 Å². The summed E-state index contributed by atoms with van der Waals surface area (Å²) in [5, 5.41) is 4.82. The first-order valence-corrected chi connectivity index (χ1v) is 7.38. The fourth-order valence-corrected chi connectivity index (χ4v) is 2.97. The van der Waals surface area contributed by atoms with Crippen molar-refractivity contribution in [2.45, 2.75) is 26.2 Å². The van der Waals surface area contributed by atoms with Crippen molar-refractivity contribution >= 4 is 32.7 Å². The summed E-state index contributed by atoms with van der Waals surface area (Å²) < 4.78 is 6.13. The van der Waals surface area contributed by atoms with Gasteiger partial charge in [0.1, 0.15) is 11.2 Å². The fraction of sp³-hybridized carbons (Fsp3) is 0.200. The quantitative estimate of drug-likeness (QED) is 0.381. The summed E-state index contributed by atoms with van der Waals surface area (Å²) in [6.07, 6.45) is 0. The molecule has 4 aromatic rings. The molecule has 104 valence electrons. The summed E-state index contributed by atoms with van der Waals surface area (Å²) >= 11 is 0. The molecule has 0 saturated heterocycles. The molecule has 1 heteroatoms. The van der Waals surface area contributed by atoms with Gasteiger partial charge < -0.3 is 4.42 Å². The van der Waals surface area contributed by atoms with Crippen LogP contribution in [0.15, 0.2) is 59.0 Å². The van der Waals surface area contributed by atoms with Gasteiger partial charge in [-0.15, -0.1) is 0 Å². The third-order valence-corrected chi connectivity index (χ3v) is 4.23. The minimum absolute atomic E-state index is 0.147. The Morgan fingerprint density at radius 1 is 0.762 bits per heavy atom. The predicted molar refractivity (Wildman–Crippen MR) is 89.9 cm³/mol. The molecular formula is C20H18O. The van der Waals surface area contributed by atoms with Gasteiger partial charge in [-0.1, -0.05) is 57.2 Å². The minimum atomic E-state index is 0.147. The van der Waals surface area contributed by atoms with Gasteiger partial charge in [-0.2, -0.15) is 0 Å². The van der Waals surface area contributed by atoms with Gasteiger partial charge in [0, 0.05) is 16.2 Å². The van der Waals surface area contributed by atoms with Gasteiger partial charge in [-0.05, 0) is 34.6 Å². The average molecular weight is 274 g/mol. The second kappa shape index (κ2) is 4.11. The van der Waals surface area contributed by atoms with Crippen molar-refractivity contribution in [1.82, 2.24) is 0 Å². The Morgan fingerprint density at radius 2 is 1.57 bits per heavy atom. The Hall–Kier alpha value is -2.28. The van der Waals surface area contributed by atoms with Gasteiger partial charge in [-0.25, -0.2) is 0 Å². The van der Waals surface area contributed by atoms with Crippen LogP contribution in [-0.2, 0) is 5.41 Å². The molecule has 0 bridgehead atoms. The second-order valence-corrected chi connectivity index (χ2v) is 6.73. The van der Waals surface area contributed by atoms with E-state index in [-0.39, 0.29) is 5.41 Å². The summed E-state index contributed by atoms with van der Waals surface area (Å²) in [5.41, 5.74) is 3.45. The highest BCUT2D eigenvalue weighted by atomic mass is 16.3. The van der Waals surface area contributed by atoms with Crippen LogP contribution >= 0.6 is 0 Å². The molecule has 1 heterocycles. The summed E-state index contributed by atoms with van der Waals surface area (Å²) in [5.74, 6) is 0. The normalized spacial score (nSPS) is 12.5. The first kappa shape index (κ1) is 12.5. The number of fused-ring (bicyclic) bond motifs is 5. The molecule has 0 aliphatic rings. The highest BCUT2D eigenvalue weighted by molar-refractivity contribution is 6.15. The van der Waals surface area contributed by atoms with Crippen LogP contribution in [0.4, 0.5) is 0 Å². The molecule has 0 aliphatic carbocycles. The fourth-order valence-electron chi connectivity index (χ4n) is 2.97. The Morgan fingerprint density at radius 3 is 2.38 bits per heavy atom. The lowest BCUT2D eigenvalue weighted by Gasteiger charge is -2.18. The number of furan rings is 1. The zero-order valence-corrected chi connectivity index (χ0v) is 12.6. The van der Waals surface area contributed by atoms with Crippen LogP contribution in [0, 0.1) is 0 Å². The second-order valence-electron chi connectivity index (χ2n) is 6.73. The molecule has 21 heavy (non-hydrogen) atoms. The first-order valence-electron chi connectivity index (χ1n) is 7.38. The summed E-state index contributed by atoms with van der Waals surface area (Å²) in [6, 6.07) is 19.3. The lowest BCUT2D eigenvalue weighted by atomic mass is 9.86. The maximum atomic E-state index is 6.13. The Bertz CT molecular complexity index is 968. The van der Waals surface area contributed by atoms with Crippen molar-refractivity contribution in [3.63, 3.8) is 0 Å². The lowest BCUT2D eigenvalue weighted by molar-refractivity contribution is 0.590. The lowest BCUT2D eigenvalue weighted by Crippen LogP contribution is -2.10. The minimum Gasteiger partial charge on any atom is -0.455 e. The van der Waals surface area contributed by atoms with Crippen LogP contribution in [0.3, 0.4) is 0 Å². The third-order valence-electron chi connectivity index (χ3n) is 4.23. The molecule has 4 rings (SSSR count). The van der Waals surface area contributed by atoms with Gasteiger partial charge in [0.25, 0.3) is 0 Å². The molecule has 0 saturated carbocycles. The summed E-state index contributed by atoms with van der Waals surface area (Å²) in [7, 11) is 0. The Balaban J connectivity index is 2.14. The van der Waals surface area contributed by atoms with E-state index in [1.165, 1.54) is 27.1 Å². The van der Waals surface area contributed by atoms with E-state index < -0.39 is 0 Å². The van der Waals surface area contributed by atoms with Crippen molar-refractivity contribution in [3.8, 4) is 0 Å². The van der Waals surface area contributed by atoms with E-state index in [9.17, 15) is 0 Å². The molecule has 0 spiro atoms. The van der Waals surface area contributed by atoms with Crippen LogP contribution in [0.25, 0.3) is 32.7 Å². The van der Waals surface area contributed by atoms with Gasteiger partial charge in [0.05, 0.1) is 0 Å². The highest BCUT2D eigenvalue weighted by Crippen LogP contribution is 2.36. The van der Waals surface area contributed by atoms with E-state index in [1.54, 1.807) is 0 Å². The standard InChI is InChI=1S/C20H18O/c1-20(2,3)14-9-11-18-17(12-14)16-10-8-13-6-4-5-7-15(13)19(16)21-18/h4-12H,1-3H3. The number of benzene rings is 3. The molecule has 0 atom stereocenters. The molecule has 0 aliphatic heterocycles. The molecule has 1 nitrogen and oxygen atoms in total.